The smallest absolute Gasteiger partial charge is 0.338 e. The highest BCUT2D eigenvalue weighted by atomic mass is 16.5. The minimum Gasteiger partial charge on any atom is -0.462 e. The van der Waals surface area contributed by atoms with Crippen molar-refractivity contribution in [2.45, 2.75) is 13.8 Å². The second-order valence-corrected chi connectivity index (χ2v) is 15.9. The number of H-pyrrole nitrogens is 2. The first-order valence-electron chi connectivity index (χ1n) is 21.9. The maximum atomic E-state index is 12.8. The van der Waals surface area contributed by atoms with Crippen molar-refractivity contribution in [3.05, 3.63) is 180 Å². The SMILES string of the molecule is CCOC(=O)c1ccc(-c2c3nc(c(-c4cccc5cccnc45)c4ccc([nH]4)c(-c4ccc(C(=O)OCC)cc4)c4nc(c(-c5cccc6cccnc56)c5ccc2[nH]5)C=C4)C=C3)cc1. The van der Waals surface area contributed by atoms with Gasteiger partial charge in [-0.3, -0.25) is 9.97 Å². The number of nitrogens with one attached hydrogen (secondary N) is 2. The Hall–Kier alpha value is -8.76. The molecule has 2 aliphatic heterocycles. The van der Waals surface area contributed by atoms with Gasteiger partial charge in [-0.2, -0.15) is 0 Å². The van der Waals surface area contributed by atoms with Crippen molar-refractivity contribution in [1.82, 2.24) is 29.9 Å². The molecule has 4 aromatic carbocycles. The molecule has 10 nitrogen and oxygen atoms in total. The molecule has 8 bridgehead atoms. The van der Waals surface area contributed by atoms with Crippen LogP contribution in [0.3, 0.4) is 0 Å². The van der Waals surface area contributed by atoms with Crippen LogP contribution < -0.4 is 0 Å². The zero-order valence-electron chi connectivity index (χ0n) is 36.0. The number of ether oxygens (including phenoxy) is 2. The lowest BCUT2D eigenvalue weighted by atomic mass is 10.0. The number of aromatic amines is 2. The van der Waals surface area contributed by atoms with Crippen LogP contribution in [0.1, 0.15) is 57.3 Å². The van der Waals surface area contributed by atoms with Gasteiger partial charge in [-0.25, -0.2) is 19.6 Å². The van der Waals surface area contributed by atoms with Gasteiger partial charge in [0.25, 0.3) is 0 Å². The fourth-order valence-corrected chi connectivity index (χ4v) is 8.97. The summed E-state index contributed by atoms with van der Waals surface area (Å²) in [5.74, 6) is -0.760. The summed E-state index contributed by atoms with van der Waals surface area (Å²) in [5.41, 5.74) is 15.7. The first-order chi connectivity index (χ1) is 32.4. The fraction of sp³-hybridized carbons (Fsp3) is 0.0714. The van der Waals surface area contributed by atoms with Gasteiger partial charge in [-0.05, 0) is 110 Å². The van der Waals surface area contributed by atoms with Crippen LogP contribution in [0.5, 0.6) is 0 Å². The van der Waals surface area contributed by atoms with E-state index in [2.05, 4.69) is 70.6 Å². The van der Waals surface area contributed by atoms with E-state index in [1.54, 1.807) is 38.1 Å². The molecule has 5 aromatic heterocycles. The first-order valence-corrected chi connectivity index (χ1v) is 21.9. The van der Waals surface area contributed by atoms with Crippen molar-refractivity contribution < 1.29 is 19.1 Å². The number of carbonyl (C=O) groups excluding carboxylic acids is 2. The maximum absolute atomic E-state index is 12.8. The summed E-state index contributed by atoms with van der Waals surface area (Å²) >= 11 is 0. The number of aromatic nitrogens is 6. The average molecular weight is 861 g/mol. The Kier molecular flexibility index (Phi) is 10.2. The molecule has 0 saturated heterocycles. The van der Waals surface area contributed by atoms with Crippen LogP contribution in [0.4, 0.5) is 0 Å². The van der Waals surface area contributed by atoms with Crippen molar-refractivity contribution in [2.75, 3.05) is 13.2 Å². The summed E-state index contributed by atoms with van der Waals surface area (Å²) in [7, 11) is 0. The molecule has 0 fully saturated rings. The molecule has 2 N–H and O–H groups in total. The molecule has 318 valence electrons. The Balaban J connectivity index is 1.28. The Bertz CT molecular complexity index is 3410. The lowest BCUT2D eigenvalue weighted by Crippen LogP contribution is -2.04. The van der Waals surface area contributed by atoms with Gasteiger partial charge < -0.3 is 19.4 Å². The Morgan fingerprint density at radius 2 is 0.803 bits per heavy atom. The third-order valence-corrected chi connectivity index (χ3v) is 11.9. The molecular formula is C56H40N6O4. The van der Waals surface area contributed by atoms with Gasteiger partial charge in [0.2, 0.25) is 0 Å². The molecule has 0 aliphatic carbocycles. The van der Waals surface area contributed by atoms with E-state index in [1.807, 2.05) is 85.2 Å². The van der Waals surface area contributed by atoms with Gasteiger partial charge in [0.05, 0.1) is 58.1 Å². The topological polar surface area (TPSA) is 136 Å². The molecule has 7 heterocycles. The molecule has 9 aromatic rings. The number of fused-ring (bicyclic) bond motifs is 10. The van der Waals surface area contributed by atoms with E-state index in [-0.39, 0.29) is 25.2 Å². The standard InChI is InChI=1S/C56H40N6O4/c1-3-65-55(63)37-19-15-33(16-20-37)49-41-23-27-45(59-41)51(39-13-5-9-35-11-7-31-57-53(35)39)47-29-25-43(61-47)50(34-17-21-38(22-18-34)56(64)66-4-2)44-26-30-48(62-44)52(46-28-24-42(49)60-46)40-14-6-10-36-12-8-32-58-54(36)40/h5-32,59,62H,3-4H2,1-2H3. The molecule has 0 radical (unpaired) electrons. The van der Waals surface area contributed by atoms with E-state index in [9.17, 15) is 9.59 Å². The number of pyridine rings is 2. The normalized spacial score (nSPS) is 11.9. The van der Waals surface area contributed by atoms with Crippen LogP contribution in [-0.2, 0) is 9.47 Å². The molecule has 0 atom stereocenters. The largest absolute Gasteiger partial charge is 0.462 e. The fourth-order valence-electron chi connectivity index (χ4n) is 8.97. The van der Waals surface area contributed by atoms with Gasteiger partial charge in [0.1, 0.15) is 0 Å². The summed E-state index contributed by atoms with van der Waals surface area (Å²) in [6.45, 7) is 4.16. The van der Waals surface area contributed by atoms with E-state index in [4.69, 9.17) is 29.4 Å². The van der Waals surface area contributed by atoms with Gasteiger partial charge in [0, 0.05) is 78.6 Å². The van der Waals surface area contributed by atoms with Crippen molar-refractivity contribution in [1.29, 1.82) is 0 Å². The molecule has 0 unspecified atom stereocenters. The van der Waals surface area contributed by atoms with Gasteiger partial charge in [0.15, 0.2) is 0 Å². The highest BCUT2D eigenvalue weighted by molar-refractivity contribution is 6.06. The number of esters is 2. The van der Waals surface area contributed by atoms with Crippen LogP contribution in [-0.4, -0.2) is 55.1 Å². The summed E-state index contributed by atoms with van der Waals surface area (Å²) < 4.78 is 10.7. The van der Waals surface area contributed by atoms with Gasteiger partial charge in [-0.1, -0.05) is 72.8 Å². The van der Waals surface area contributed by atoms with Crippen LogP contribution in [0.15, 0.2) is 146 Å². The second-order valence-electron chi connectivity index (χ2n) is 15.9. The highest BCUT2D eigenvalue weighted by Gasteiger charge is 2.21. The lowest BCUT2D eigenvalue weighted by Gasteiger charge is -2.09. The van der Waals surface area contributed by atoms with Crippen molar-refractivity contribution in [2.24, 2.45) is 0 Å². The average Bonchev–Trinajstić information content (AvgIpc) is 4.21. The molecule has 0 saturated carbocycles. The molecule has 2 aliphatic rings. The minimum atomic E-state index is -0.380. The van der Waals surface area contributed by atoms with E-state index in [0.717, 1.165) is 111 Å². The zero-order chi connectivity index (χ0) is 44.7. The van der Waals surface area contributed by atoms with E-state index in [0.29, 0.717) is 11.1 Å². The summed E-state index contributed by atoms with van der Waals surface area (Å²) in [4.78, 5) is 53.9. The van der Waals surface area contributed by atoms with Crippen molar-refractivity contribution >= 4 is 80.1 Å². The Morgan fingerprint density at radius 3 is 1.20 bits per heavy atom. The molecule has 66 heavy (non-hydrogen) atoms. The molecule has 0 amide bonds. The summed E-state index contributed by atoms with van der Waals surface area (Å²) in [6, 6.07) is 43.6. The number of carbonyl (C=O) groups is 2. The van der Waals surface area contributed by atoms with E-state index < -0.39 is 0 Å². The van der Waals surface area contributed by atoms with Crippen molar-refractivity contribution in [3.63, 3.8) is 0 Å². The predicted molar refractivity (Wildman–Crippen MR) is 263 cm³/mol. The van der Waals surface area contributed by atoms with Crippen LogP contribution in [0, 0.1) is 0 Å². The molecular weight excluding hydrogens is 821 g/mol. The number of benzene rings is 4. The van der Waals surface area contributed by atoms with Crippen LogP contribution in [0.2, 0.25) is 0 Å². The Morgan fingerprint density at radius 1 is 0.439 bits per heavy atom. The zero-order valence-corrected chi connectivity index (χ0v) is 36.0. The van der Waals surface area contributed by atoms with E-state index in [1.165, 1.54) is 0 Å². The number of nitrogens with zero attached hydrogens (tertiary/aromatic N) is 4. The maximum Gasteiger partial charge on any atom is 0.338 e. The van der Waals surface area contributed by atoms with Gasteiger partial charge >= 0.3 is 11.9 Å². The van der Waals surface area contributed by atoms with E-state index >= 15 is 0 Å². The Labute approximate surface area is 379 Å². The van der Waals surface area contributed by atoms with Crippen LogP contribution in [0.25, 0.3) is 113 Å². The number of hydrogen-bond donors (Lipinski definition) is 2. The third-order valence-electron chi connectivity index (χ3n) is 11.9. The predicted octanol–water partition coefficient (Wildman–Crippen LogP) is 12.8. The lowest BCUT2D eigenvalue weighted by molar-refractivity contribution is 0.0517. The third kappa shape index (κ3) is 7.10. The monoisotopic (exact) mass is 860 g/mol. The second kappa shape index (κ2) is 16.7. The minimum absolute atomic E-state index is 0.283. The van der Waals surface area contributed by atoms with Crippen LogP contribution >= 0.6 is 0 Å². The number of para-hydroxylation sites is 2. The summed E-state index contributed by atoms with van der Waals surface area (Å²) in [5, 5.41) is 1.99. The molecule has 10 heteroatoms. The first kappa shape index (κ1) is 40.0. The number of rotatable bonds is 8. The highest BCUT2D eigenvalue weighted by Crippen LogP contribution is 2.40. The van der Waals surface area contributed by atoms with Gasteiger partial charge in [-0.15, -0.1) is 0 Å². The molecule has 0 spiro atoms. The van der Waals surface area contributed by atoms with Crippen molar-refractivity contribution in [3.8, 4) is 44.5 Å². The molecule has 11 rings (SSSR count). The summed E-state index contributed by atoms with van der Waals surface area (Å²) in [6.07, 6.45) is 11.8. The number of hydrogen-bond acceptors (Lipinski definition) is 8. The quantitative estimate of drug-likeness (QED) is 0.144.